The molecule has 0 spiro atoms. The van der Waals surface area contributed by atoms with E-state index in [0.717, 1.165) is 28.5 Å². The molecule has 5 nitrogen and oxygen atoms in total. The first-order valence-electron chi connectivity index (χ1n) is 10.2. The maximum Gasteiger partial charge on any atom is 0.174 e. The van der Waals surface area contributed by atoms with E-state index in [2.05, 4.69) is 10.3 Å². The molecule has 8 heteroatoms. The lowest BCUT2D eigenvalue weighted by Crippen LogP contribution is -2.29. The molecule has 1 saturated heterocycles. The molecular weight excluding hydrogens is 477 g/mol. The molecule has 1 N–H and O–H groups in total. The Labute approximate surface area is 206 Å². The number of furan rings is 1. The van der Waals surface area contributed by atoms with Crippen molar-refractivity contribution < 1.29 is 9.15 Å². The first-order valence-corrected chi connectivity index (χ1v) is 11.4. The van der Waals surface area contributed by atoms with Gasteiger partial charge in [-0.1, -0.05) is 29.3 Å². The molecule has 33 heavy (non-hydrogen) atoms. The summed E-state index contributed by atoms with van der Waals surface area (Å²) in [6.45, 7) is 0. The predicted octanol–water partition coefficient (Wildman–Crippen LogP) is 6.83. The van der Waals surface area contributed by atoms with Gasteiger partial charge in [-0.05, 0) is 78.9 Å². The Morgan fingerprint density at radius 3 is 2.55 bits per heavy atom. The Morgan fingerprint density at radius 2 is 1.85 bits per heavy atom. The second-order valence-corrected chi connectivity index (χ2v) is 8.75. The number of pyridine rings is 1. The van der Waals surface area contributed by atoms with E-state index in [1.807, 2.05) is 65.6 Å². The van der Waals surface area contributed by atoms with Gasteiger partial charge in [-0.15, -0.1) is 0 Å². The summed E-state index contributed by atoms with van der Waals surface area (Å²) in [7, 11) is 1.64. The molecule has 0 bridgehead atoms. The molecule has 2 aromatic carbocycles. The van der Waals surface area contributed by atoms with E-state index in [4.69, 9.17) is 44.6 Å². The highest BCUT2D eigenvalue weighted by molar-refractivity contribution is 7.80. The molecule has 0 unspecified atom stereocenters. The molecule has 0 saturated carbocycles. The van der Waals surface area contributed by atoms with Crippen LogP contribution in [0.5, 0.6) is 5.75 Å². The first kappa shape index (κ1) is 21.8. The summed E-state index contributed by atoms with van der Waals surface area (Å²) in [6, 6.07) is 22.3. The van der Waals surface area contributed by atoms with Crippen LogP contribution in [0.15, 0.2) is 83.4 Å². The van der Waals surface area contributed by atoms with E-state index in [9.17, 15) is 0 Å². The van der Waals surface area contributed by atoms with Gasteiger partial charge in [0.25, 0.3) is 0 Å². The van der Waals surface area contributed by atoms with E-state index < -0.39 is 0 Å². The zero-order valence-electron chi connectivity index (χ0n) is 17.5. The average molecular weight is 496 g/mol. The summed E-state index contributed by atoms with van der Waals surface area (Å²) in [4.78, 5) is 6.61. The second kappa shape index (κ2) is 9.06. The summed E-state index contributed by atoms with van der Waals surface area (Å²) in [5.74, 6) is 2.15. The lowest BCUT2D eigenvalue weighted by Gasteiger charge is -2.26. The minimum atomic E-state index is -0.263. The van der Waals surface area contributed by atoms with E-state index in [1.54, 1.807) is 25.4 Å². The van der Waals surface area contributed by atoms with Crippen molar-refractivity contribution in [2.45, 2.75) is 12.1 Å². The number of methoxy groups -OCH3 is 1. The van der Waals surface area contributed by atoms with E-state index in [-0.39, 0.29) is 12.1 Å². The van der Waals surface area contributed by atoms with Gasteiger partial charge >= 0.3 is 0 Å². The van der Waals surface area contributed by atoms with Crippen molar-refractivity contribution in [2.75, 3.05) is 12.0 Å². The van der Waals surface area contributed by atoms with Gasteiger partial charge in [0.2, 0.25) is 0 Å². The monoisotopic (exact) mass is 495 g/mol. The fourth-order valence-electron chi connectivity index (χ4n) is 4.01. The lowest BCUT2D eigenvalue weighted by atomic mass is 10.0. The largest absolute Gasteiger partial charge is 0.497 e. The van der Waals surface area contributed by atoms with Crippen molar-refractivity contribution in [1.82, 2.24) is 10.3 Å². The number of thiocarbonyl (C=S) groups is 1. The first-order chi connectivity index (χ1) is 16.0. The third kappa shape index (κ3) is 4.17. The number of hydrogen-bond acceptors (Lipinski definition) is 4. The molecule has 0 amide bonds. The zero-order chi connectivity index (χ0) is 22.9. The van der Waals surface area contributed by atoms with Gasteiger partial charge in [0.1, 0.15) is 23.3 Å². The van der Waals surface area contributed by atoms with Crippen LogP contribution < -0.4 is 15.0 Å². The molecule has 4 aromatic rings. The molecule has 1 fully saturated rings. The van der Waals surface area contributed by atoms with Gasteiger partial charge in [-0.3, -0.25) is 4.98 Å². The molecule has 2 atom stereocenters. The van der Waals surface area contributed by atoms with Crippen LogP contribution in [0.25, 0.3) is 11.3 Å². The smallest absolute Gasteiger partial charge is 0.174 e. The molecule has 2 aromatic heterocycles. The number of nitrogens with one attached hydrogen (secondary N) is 1. The minimum absolute atomic E-state index is 0.208. The summed E-state index contributed by atoms with van der Waals surface area (Å²) >= 11 is 18.2. The van der Waals surface area contributed by atoms with Crippen LogP contribution in [0.2, 0.25) is 10.0 Å². The lowest BCUT2D eigenvalue weighted by molar-refractivity contribution is 0.414. The van der Waals surface area contributed by atoms with Gasteiger partial charge in [0.15, 0.2) is 5.11 Å². The Hall–Kier alpha value is -3.06. The fourth-order valence-corrected chi connectivity index (χ4v) is 4.86. The summed E-state index contributed by atoms with van der Waals surface area (Å²) < 4.78 is 11.7. The third-order valence-electron chi connectivity index (χ3n) is 5.56. The number of ether oxygens (including phenoxy) is 1. The van der Waals surface area contributed by atoms with E-state index in [1.165, 1.54) is 0 Å². The van der Waals surface area contributed by atoms with Crippen LogP contribution in [0, 0.1) is 0 Å². The van der Waals surface area contributed by atoms with Crippen LogP contribution in [0.1, 0.15) is 23.5 Å². The fraction of sp³-hybridized carbons (Fsp3) is 0.120. The number of aromatic nitrogens is 1. The molecule has 5 rings (SSSR count). The van der Waals surface area contributed by atoms with Gasteiger partial charge in [0, 0.05) is 22.5 Å². The summed E-state index contributed by atoms with van der Waals surface area (Å²) in [6.07, 6.45) is 1.77. The molecule has 1 aliphatic heterocycles. The van der Waals surface area contributed by atoms with Crippen molar-refractivity contribution in [3.8, 4) is 17.1 Å². The molecule has 0 radical (unpaired) electrons. The highest BCUT2D eigenvalue weighted by Crippen LogP contribution is 2.43. The molecule has 1 aliphatic rings. The van der Waals surface area contributed by atoms with E-state index >= 15 is 0 Å². The second-order valence-electron chi connectivity index (χ2n) is 7.52. The minimum Gasteiger partial charge on any atom is -0.497 e. The normalized spacial score (nSPS) is 17.8. The predicted molar refractivity (Wildman–Crippen MR) is 135 cm³/mol. The Balaban J connectivity index is 1.59. The Kier molecular flexibility index (Phi) is 5.98. The SMILES string of the molecule is COc1ccc(N2C(=S)N[C@H](c3ccccn3)[C@H]2c2ccc(-c3ccc(Cl)cc3Cl)o2)cc1. The summed E-state index contributed by atoms with van der Waals surface area (Å²) in [5, 5.41) is 5.11. The highest BCUT2D eigenvalue weighted by Gasteiger charge is 2.42. The number of hydrogen-bond donors (Lipinski definition) is 1. The molecule has 3 heterocycles. The van der Waals surface area contributed by atoms with Crippen molar-refractivity contribution >= 4 is 46.2 Å². The highest BCUT2D eigenvalue weighted by atomic mass is 35.5. The van der Waals surface area contributed by atoms with Gasteiger partial charge < -0.3 is 19.4 Å². The number of rotatable bonds is 5. The maximum absolute atomic E-state index is 6.42. The topological polar surface area (TPSA) is 50.5 Å². The van der Waals surface area contributed by atoms with Crippen LogP contribution in [-0.2, 0) is 0 Å². The van der Waals surface area contributed by atoms with Gasteiger partial charge in [0.05, 0.1) is 23.9 Å². The van der Waals surface area contributed by atoms with Gasteiger partial charge in [-0.2, -0.15) is 0 Å². The van der Waals surface area contributed by atoms with Crippen molar-refractivity contribution in [3.05, 3.63) is 100 Å². The van der Waals surface area contributed by atoms with Crippen molar-refractivity contribution in [1.29, 1.82) is 0 Å². The Morgan fingerprint density at radius 1 is 1.03 bits per heavy atom. The number of nitrogens with zero attached hydrogens (tertiary/aromatic N) is 2. The van der Waals surface area contributed by atoms with Crippen LogP contribution in [0.4, 0.5) is 5.69 Å². The van der Waals surface area contributed by atoms with Crippen LogP contribution >= 0.6 is 35.4 Å². The van der Waals surface area contributed by atoms with Gasteiger partial charge in [-0.25, -0.2) is 0 Å². The van der Waals surface area contributed by atoms with Crippen LogP contribution in [0.3, 0.4) is 0 Å². The molecule has 166 valence electrons. The number of benzene rings is 2. The van der Waals surface area contributed by atoms with E-state index in [0.29, 0.717) is 20.9 Å². The average Bonchev–Trinajstić information content (AvgIpc) is 3.44. The molecule has 0 aliphatic carbocycles. The number of anilines is 1. The summed E-state index contributed by atoms with van der Waals surface area (Å²) in [5.41, 5.74) is 2.55. The molecular formula is C25H19Cl2N3O2S. The zero-order valence-corrected chi connectivity index (χ0v) is 19.9. The van der Waals surface area contributed by atoms with Crippen LogP contribution in [-0.4, -0.2) is 17.2 Å². The van der Waals surface area contributed by atoms with Crippen molar-refractivity contribution in [3.63, 3.8) is 0 Å². The maximum atomic E-state index is 6.42. The number of halogens is 2. The quantitative estimate of drug-likeness (QED) is 0.306. The Bertz CT molecular complexity index is 1290. The standard InChI is InChI=1S/C25H19Cl2N3O2S/c1-31-17-8-6-16(7-9-17)30-24(23(29-25(30)33)20-4-2-3-13-28-20)22-12-11-21(32-22)18-10-5-15(26)14-19(18)27/h2-14,23-24H,1H3,(H,29,33)/t23-,24-/m1/s1. The van der Waals surface area contributed by atoms with Crippen molar-refractivity contribution in [2.24, 2.45) is 0 Å². The third-order valence-corrected chi connectivity index (χ3v) is 6.43.